The predicted molar refractivity (Wildman–Crippen MR) is 85.0 cm³/mol. The zero-order valence-corrected chi connectivity index (χ0v) is 11.9. The molecule has 0 aromatic heterocycles. The van der Waals surface area contributed by atoms with E-state index >= 15 is 0 Å². The molecule has 106 valence electrons. The molecule has 0 atom stereocenters. The van der Waals surface area contributed by atoms with Gasteiger partial charge in [-0.2, -0.15) is 5.26 Å². The summed E-state index contributed by atoms with van der Waals surface area (Å²) in [6.45, 7) is 2.86. The van der Waals surface area contributed by atoms with Crippen molar-refractivity contribution in [1.29, 1.82) is 5.26 Å². The van der Waals surface area contributed by atoms with Gasteiger partial charge in [0.2, 0.25) is 0 Å². The van der Waals surface area contributed by atoms with Crippen molar-refractivity contribution in [2.24, 2.45) is 4.99 Å². The lowest BCUT2D eigenvalue weighted by Gasteiger charge is -2.22. The molecule has 1 aromatic carbocycles. The fraction of sp³-hybridized carbons (Fsp3) is 0.294. The van der Waals surface area contributed by atoms with Gasteiger partial charge in [0.05, 0.1) is 24.9 Å². The van der Waals surface area contributed by atoms with Crippen LogP contribution < -0.4 is 4.90 Å². The normalized spacial score (nSPS) is 17.6. The van der Waals surface area contributed by atoms with Gasteiger partial charge in [-0.3, -0.25) is 4.99 Å². The highest BCUT2D eigenvalue weighted by molar-refractivity contribution is 5.79. The molecular formula is C17H18N4. The van der Waals surface area contributed by atoms with Crippen LogP contribution in [0, 0.1) is 11.3 Å². The van der Waals surface area contributed by atoms with E-state index in [4.69, 9.17) is 5.26 Å². The first kappa shape index (κ1) is 13.4. The second kappa shape index (κ2) is 6.27. The predicted octanol–water partition coefficient (Wildman–Crippen LogP) is 2.70. The van der Waals surface area contributed by atoms with Crippen molar-refractivity contribution in [2.45, 2.75) is 12.8 Å². The number of allylic oxidation sites excluding steroid dienone is 3. The molecule has 0 N–H and O–H groups in total. The van der Waals surface area contributed by atoms with Gasteiger partial charge in [0.15, 0.2) is 0 Å². The van der Waals surface area contributed by atoms with E-state index in [2.05, 4.69) is 45.1 Å². The number of anilines is 1. The van der Waals surface area contributed by atoms with Crippen LogP contribution in [0.4, 0.5) is 5.69 Å². The molecule has 0 saturated carbocycles. The van der Waals surface area contributed by atoms with E-state index < -0.39 is 0 Å². The smallest absolute Gasteiger partial charge is 0.0904 e. The topological polar surface area (TPSA) is 42.6 Å². The third-order valence-electron chi connectivity index (χ3n) is 3.77. The molecule has 4 nitrogen and oxygen atoms in total. The number of hydrogen-bond donors (Lipinski definition) is 0. The van der Waals surface area contributed by atoms with Crippen LogP contribution in [0.5, 0.6) is 0 Å². The van der Waals surface area contributed by atoms with Crippen LogP contribution in [0.15, 0.2) is 53.3 Å². The van der Waals surface area contributed by atoms with Crippen molar-refractivity contribution in [2.75, 3.05) is 24.7 Å². The fourth-order valence-electron chi connectivity index (χ4n) is 2.66. The molecule has 1 saturated heterocycles. The van der Waals surface area contributed by atoms with Crippen LogP contribution >= 0.6 is 0 Å². The summed E-state index contributed by atoms with van der Waals surface area (Å²) in [5.41, 5.74) is 3.46. The van der Waals surface area contributed by atoms with Crippen LogP contribution in [0.3, 0.4) is 0 Å². The Morgan fingerprint density at radius 3 is 3.05 bits per heavy atom. The first-order chi connectivity index (χ1) is 10.4. The molecule has 0 aliphatic carbocycles. The quantitative estimate of drug-likeness (QED) is 0.853. The van der Waals surface area contributed by atoms with E-state index in [9.17, 15) is 0 Å². The lowest BCUT2D eigenvalue weighted by Crippen LogP contribution is -2.25. The van der Waals surface area contributed by atoms with E-state index in [-0.39, 0.29) is 0 Å². The average Bonchev–Trinajstić information content (AvgIpc) is 2.84. The van der Waals surface area contributed by atoms with Crippen LogP contribution in [0.25, 0.3) is 0 Å². The average molecular weight is 278 g/mol. The highest BCUT2D eigenvalue weighted by Crippen LogP contribution is 2.22. The summed E-state index contributed by atoms with van der Waals surface area (Å²) in [5.74, 6) is 0. The number of aliphatic imine (C=N–C) groups is 1. The summed E-state index contributed by atoms with van der Waals surface area (Å²) >= 11 is 0. The van der Waals surface area contributed by atoms with Gasteiger partial charge in [-0.15, -0.1) is 0 Å². The molecule has 0 bridgehead atoms. The first-order valence-electron chi connectivity index (χ1n) is 7.21. The molecule has 21 heavy (non-hydrogen) atoms. The third kappa shape index (κ3) is 3.14. The maximum atomic E-state index is 8.82. The highest BCUT2D eigenvalue weighted by atomic mass is 15.4. The molecule has 2 aliphatic rings. The third-order valence-corrected chi connectivity index (χ3v) is 3.77. The Balaban J connectivity index is 1.71. The van der Waals surface area contributed by atoms with E-state index in [0.717, 1.165) is 31.7 Å². The second-order valence-electron chi connectivity index (χ2n) is 5.20. The molecule has 0 unspecified atom stereocenters. The van der Waals surface area contributed by atoms with Gasteiger partial charge in [-0.1, -0.05) is 24.3 Å². The minimum Gasteiger partial charge on any atom is -0.352 e. The van der Waals surface area contributed by atoms with Gasteiger partial charge in [0, 0.05) is 31.2 Å². The minimum atomic E-state index is 0.467. The largest absolute Gasteiger partial charge is 0.352 e. The fourth-order valence-corrected chi connectivity index (χ4v) is 2.66. The molecule has 2 aliphatic heterocycles. The van der Waals surface area contributed by atoms with Crippen LogP contribution in [0.1, 0.15) is 12.0 Å². The van der Waals surface area contributed by atoms with E-state index in [1.54, 1.807) is 0 Å². The van der Waals surface area contributed by atoms with Crippen molar-refractivity contribution in [3.05, 3.63) is 53.9 Å². The molecule has 4 heteroatoms. The van der Waals surface area contributed by atoms with Gasteiger partial charge < -0.3 is 9.80 Å². The number of hydrogen-bond acceptors (Lipinski definition) is 4. The van der Waals surface area contributed by atoms with Crippen molar-refractivity contribution in [1.82, 2.24) is 4.90 Å². The summed E-state index contributed by atoms with van der Waals surface area (Å²) in [4.78, 5) is 8.94. The van der Waals surface area contributed by atoms with Gasteiger partial charge in [-0.05, 0) is 24.1 Å². The van der Waals surface area contributed by atoms with Crippen molar-refractivity contribution < 1.29 is 0 Å². The van der Waals surface area contributed by atoms with Crippen LogP contribution in [0.2, 0.25) is 0 Å². The Hall–Kier alpha value is -2.54. The number of benzene rings is 1. The maximum absolute atomic E-state index is 8.82. The zero-order chi connectivity index (χ0) is 14.5. The Kier molecular flexibility index (Phi) is 4.02. The molecular weight excluding hydrogens is 260 g/mol. The number of rotatable bonds is 3. The molecule has 1 aromatic rings. The SMILES string of the molecule is N#CCc1cccc(N2CCN(C3=CCC=CN=C3)C2)c1. The van der Waals surface area contributed by atoms with Crippen molar-refractivity contribution >= 4 is 11.9 Å². The zero-order valence-electron chi connectivity index (χ0n) is 11.9. The summed E-state index contributed by atoms with van der Waals surface area (Å²) in [6.07, 6.45) is 9.45. The molecule has 0 radical (unpaired) electrons. The van der Waals surface area contributed by atoms with Crippen molar-refractivity contribution in [3.8, 4) is 6.07 Å². The first-order valence-corrected chi connectivity index (χ1v) is 7.21. The summed E-state index contributed by atoms with van der Waals surface area (Å²) in [6, 6.07) is 10.5. The molecule has 0 amide bonds. The van der Waals surface area contributed by atoms with Gasteiger partial charge in [0.1, 0.15) is 0 Å². The summed E-state index contributed by atoms with van der Waals surface area (Å²) in [5, 5.41) is 8.82. The monoisotopic (exact) mass is 278 g/mol. The Morgan fingerprint density at radius 1 is 1.24 bits per heavy atom. The minimum absolute atomic E-state index is 0.467. The molecule has 1 fully saturated rings. The maximum Gasteiger partial charge on any atom is 0.0904 e. The number of nitrogens with zero attached hydrogens (tertiary/aromatic N) is 4. The Bertz CT molecular complexity index is 636. The standard InChI is InChI=1S/C17H18N4/c18-8-7-15-4-3-6-16(12-15)20-10-11-21(14-20)17-5-1-2-9-19-13-17/h2-6,9,12-13H,1,7,10-11,14H2. The van der Waals surface area contributed by atoms with Gasteiger partial charge in [0.25, 0.3) is 0 Å². The van der Waals surface area contributed by atoms with Crippen LogP contribution in [-0.2, 0) is 6.42 Å². The van der Waals surface area contributed by atoms with Crippen molar-refractivity contribution in [3.63, 3.8) is 0 Å². The molecule has 0 spiro atoms. The molecule has 2 heterocycles. The van der Waals surface area contributed by atoms with Crippen LogP contribution in [-0.4, -0.2) is 30.9 Å². The Labute approximate surface area is 125 Å². The number of nitriles is 1. The van der Waals surface area contributed by atoms with Gasteiger partial charge in [-0.25, -0.2) is 0 Å². The van der Waals surface area contributed by atoms with E-state index in [0.29, 0.717) is 6.42 Å². The lowest BCUT2D eigenvalue weighted by atomic mass is 10.1. The Morgan fingerprint density at radius 2 is 2.14 bits per heavy atom. The molecule has 3 rings (SSSR count). The summed E-state index contributed by atoms with van der Waals surface area (Å²) in [7, 11) is 0. The van der Waals surface area contributed by atoms with E-state index in [1.807, 2.05) is 24.5 Å². The lowest BCUT2D eigenvalue weighted by molar-refractivity contribution is 0.452. The van der Waals surface area contributed by atoms with E-state index in [1.165, 1.54) is 11.4 Å². The second-order valence-corrected chi connectivity index (χ2v) is 5.20. The highest BCUT2D eigenvalue weighted by Gasteiger charge is 2.21. The summed E-state index contributed by atoms with van der Waals surface area (Å²) < 4.78 is 0. The van der Waals surface area contributed by atoms with Gasteiger partial charge >= 0.3 is 0 Å².